The van der Waals surface area contributed by atoms with E-state index >= 15 is 0 Å². The quantitative estimate of drug-likeness (QED) is 0.196. The van der Waals surface area contributed by atoms with Crippen LogP contribution in [-0.4, -0.2) is 70.6 Å². The average Bonchev–Trinajstić information content (AvgIpc) is 3.09. The van der Waals surface area contributed by atoms with Crippen molar-refractivity contribution in [3.05, 3.63) is 117 Å². The Hall–Kier alpha value is -4.91. The molecular formula is C34H31BrN6O5. The highest BCUT2D eigenvalue weighted by Crippen LogP contribution is 2.24. The second kappa shape index (κ2) is 14.5. The van der Waals surface area contributed by atoms with Gasteiger partial charge in [0.25, 0.3) is 11.8 Å². The van der Waals surface area contributed by atoms with E-state index in [-0.39, 0.29) is 17.2 Å². The molecular weight excluding hydrogens is 652 g/mol. The minimum atomic E-state index is -0.551. The molecule has 0 bridgehead atoms. The number of nitrogens with zero attached hydrogens (tertiary/aromatic N) is 4. The number of fused-ring (bicyclic) bond motifs is 1. The van der Waals surface area contributed by atoms with E-state index in [4.69, 9.17) is 9.47 Å². The van der Waals surface area contributed by atoms with Gasteiger partial charge in [-0.2, -0.15) is 0 Å². The van der Waals surface area contributed by atoms with Crippen molar-refractivity contribution >= 4 is 44.5 Å². The third-order valence-electron chi connectivity index (χ3n) is 7.46. The van der Waals surface area contributed by atoms with Crippen molar-refractivity contribution in [2.45, 2.75) is 6.42 Å². The number of anilines is 1. The van der Waals surface area contributed by atoms with Gasteiger partial charge in [0.2, 0.25) is 5.43 Å². The topological polar surface area (TPSA) is 128 Å². The SMILES string of the molecule is O=C(NCCCN1CCOCC1)c1cc(Oc2ccc(NC(=O)c3cn(-c4ccc(Br)cc4)c4ncccc4c3=O)cc2)ccn1. The lowest BCUT2D eigenvalue weighted by atomic mass is 10.1. The lowest BCUT2D eigenvalue weighted by Crippen LogP contribution is -2.38. The van der Waals surface area contributed by atoms with Gasteiger partial charge in [0, 0.05) is 60.1 Å². The fourth-order valence-electron chi connectivity index (χ4n) is 5.08. The molecule has 0 aliphatic carbocycles. The largest absolute Gasteiger partial charge is 0.457 e. The Morgan fingerprint density at radius 1 is 0.913 bits per heavy atom. The molecule has 1 saturated heterocycles. The van der Waals surface area contributed by atoms with Gasteiger partial charge in [-0.25, -0.2) is 4.98 Å². The lowest BCUT2D eigenvalue weighted by Gasteiger charge is -2.26. The Morgan fingerprint density at radius 3 is 2.48 bits per heavy atom. The number of amides is 2. The number of rotatable bonds is 10. The molecule has 0 saturated carbocycles. The molecule has 4 heterocycles. The summed E-state index contributed by atoms with van der Waals surface area (Å²) < 4.78 is 13.9. The van der Waals surface area contributed by atoms with Gasteiger partial charge in [-0.05, 0) is 79.7 Å². The summed E-state index contributed by atoms with van der Waals surface area (Å²) in [6, 6.07) is 20.8. The molecule has 0 radical (unpaired) electrons. The molecule has 0 atom stereocenters. The number of aromatic nitrogens is 3. The zero-order valence-electron chi connectivity index (χ0n) is 24.8. The number of morpholine rings is 1. The van der Waals surface area contributed by atoms with Crippen LogP contribution in [0.5, 0.6) is 11.5 Å². The number of nitrogens with one attached hydrogen (secondary N) is 2. The van der Waals surface area contributed by atoms with Crippen molar-refractivity contribution in [2.24, 2.45) is 0 Å². The first-order chi connectivity index (χ1) is 22.4. The molecule has 2 amide bonds. The molecule has 1 aliphatic rings. The number of hydrogen-bond acceptors (Lipinski definition) is 8. The van der Waals surface area contributed by atoms with Gasteiger partial charge in [0.15, 0.2) is 0 Å². The number of ether oxygens (including phenoxy) is 2. The number of hydrogen-bond donors (Lipinski definition) is 2. The summed E-state index contributed by atoms with van der Waals surface area (Å²) in [7, 11) is 0. The Kier molecular flexibility index (Phi) is 9.77. The predicted octanol–water partition coefficient (Wildman–Crippen LogP) is 5.04. The van der Waals surface area contributed by atoms with Gasteiger partial charge in [-0.3, -0.25) is 24.3 Å². The summed E-state index contributed by atoms with van der Waals surface area (Å²) in [5, 5.41) is 6.05. The summed E-state index contributed by atoms with van der Waals surface area (Å²) in [5.41, 5.74) is 1.50. The van der Waals surface area contributed by atoms with Crippen molar-refractivity contribution in [2.75, 3.05) is 44.7 Å². The van der Waals surface area contributed by atoms with E-state index < -0.39 is 11.3 Å². The molecule has 234 valence electrons. The van der Waals surface area contributed by atoms with Crippen LogP contribution < -0.4 is 20.8 Å². The van der Waals surface area contributed by atoms with Gasteiger partial charge in [-0.15, -0.1) is 0 Å². The molecule has 46 heavy (non-hydrogen) atoms. The van der Waals surface area contributed by atoms with Crippen LogP contribution in [0.4, 0.5) is 5.69 Å². The Bertz CT molecular complexity index is 1910. The second-order valence-electron chi connectivity index (χ2n) is 10.6. The average molecular weight is 684 g/mol. The van der Waals surface area contributed by atoms with Gasteiger partial charge >= 0.3 is 0 Å². The summed E-state index contributed by atoms with van der Waals surface area (Å²) in [6.07, 6.45) is 5.47. The smallest absolute Gasteiger partial charge is 0.270 e. The van der Waals surface area contributed by atoms with Gasteiger partial charge in [0.05, 0.1) is 18.6 Å². The van der Waals surface area contributed by atoms with Crippen molar-refractivity contribution in [1.29, 1.82) is 0 Å². The highest BCUT2D eigenvalue weighted by atomic mass is 79.9. The van der Waals surface area contributed by atoms with E-state index in [2.05, 4.69) is 41.4 Å². The number of carbonyl (C=O) groups excluding carboxylic acids is 2. The first kappa shape index (κ1) is 31.1. The van der Waals surface area contributed by atoms with Crippen molar-refractivity contribution < 1.29 is 19.1 Å². The standard InChI is InChI=1S/C34H31BrN6O5/c35-23-4-8-25(9-5-23)41-22-29(31(42)28-3-1-13-37-32(28)41)33(43)39-24-6-10-26(11-7-24)46-27-12-15-36-30(21-27)34(44)38-14-2-16-40-17-19-45-20-18-40/h1,3-13,15,21-22H,2,14,16-20H2,(H,38,44)(H,39,43). The van der Waals surface area contributed by atoms with E-state index in [0.29, 0.717) is 34.8 Å². The summed E-state index contributed by atoms with van der Waals surface area (Å²) in [5.74, 6) is 0.123. The van der Waals surface area contributed by atoms with Crippen LogP contribution in [0.25, 0.3) is 16.7 Å². The molecule has 12 heteroatoms. The van der Waals surface area contributed by atoms with Crippen LogP contribution in [0.3, 0.4) is 0 Å². The zero-order valence-corrected chi connectivity index (χ0v) is 26.4. The number of carbonyl (C=O) groups is 2. The molecule has 0 unspecified atom stereocenters. The Morgan fingerprint density at radius 2 is 1.70 bits per heavy atom. The third kappa shape index (κ3) is 7.48. The molecule has 5 aromatic rings. The van der Waals surface area contributed by atoms with E-state index in [0.717, 1.165) is 49.4 Å². The Labute approximate surface area is 273 Å². The maximum atomic E-state index is 13.3. The van der Waals surface area contributed by atoms with E-state index in [9.17, 15) is 14.4 Å². The molecule has 2 N–H and O–H groups in total. The summed E-state index contributed by atoms with van der Waals surface area (Å²) in [4.78, 5) is 50.2. The summed E-state index contributed by atoms with van der Waals surface area (Å²) in [6.45, 7) is 4.78. The molecule has 3 aromatic heterocycles. The molecule has 6 rings (SSSR count). The predicted molar refractivity (Wildman–Crippen MR) is 178 cm³/mol. The molecule has 0 spiro atoms. The number of pyridine rings is 3. The second-order valence-corrected chi connectivity index (χ2v) is 11.5. The third-order valence-corrected chi connectivity index (χ3v) is 7.99. The van der Waals surface area contributed by atoms with Crippen LogP contribution in [-0.2, 0) is 4.74 Å². The van der Waals surface area contributed by atoms with E-state index in [1.807, 2.05) is 24.3 Å². The first-order valence-corrected chi connectivity index (χ1v) is 15.6. The summed E-state index contributed by atoms with van der Waals surface area (Å²) >= 11 is 3.44. The van der Waals surface area contributed by atoms with Gasteiger partial charge in [0.1, 0.15) is 28.4 Å². The van der Waals surface area contributed by atoms with Crippen molar-refractivity contribution in [1.82, 2.24) is 24.8 Å². The number of benzene rings is 2. The van der Waals surface area contributed by atoms with E-state index in [1.165, 1.54) is 12.4 Å². The molecule has 11 nitrogen and oxygen atoms in total. The molecule has 1 fully saturated rings. The maximum Gasteiger partial charge on any atom is 0.270 e. The highest BCUT2D eigenvalue weighted by Gasteiger charge is 2.18. The van der Waals surface area contributed by atoms with E-state index in [1.54, 1.807) is 59.3 Å². The van der Waals surface area contributed by atoms with Crippen molar-refractivity contribution in [3.63, 3.8) is 0 Å². The normalized spacial score (nSPS) is 13.3. The van der Waals surface area contributed by atoms with Crippen LogP contribution in [0.2, 0.25) is 0 Å². The monoisotopic (exact) mass is 682 g/mol. The zero-order chi connectivity index (χ0) is 31.9. The fourth-order valence-corrected chi connectivity index (χ4v) is 5.34. The minimum Gasteiger partial charge on any atom is -0.457 e. The van der Waals surface area contributed by atoms with Crippen LogP contribution in [0, 0.1) is 0 Å². The lowest BCUT2D eigenvalue weighted by molar-refractivity contribution is 0.0374. The van der Waals surface area contributed by atoms with Crippen LogP contribution >= 0.6 is 15.9 Å². The minimum absolute atomic E-state index is 0.0209. The molecule has 1 aliphatic heterocycles. The van der Waals surface area contributed by atoms with Gasteiger partial charge in [-0.1, -0.05) is 15.9 Å². The number of halogens is 1. The van der Waals surface area contributed by atoms with Gasteiger partial charge < -0.3 is 24.7 Å². The maximum absolute atomic E-state index is 13.3. The molecule has 2 aromatic carbocycles. The Balaban J connectivity index is 1.09. The fraction of sp³-hybridized carbons (Fsp3) is 0.206. The van der Waals surface area contributed by atoms with Crippen LogP contribution in [0.1, 0.15) is 27.3 Å². The first-order valence-electron chi connectivity index (χ1n) is 14.8. The highest BCUT2D eigenvalue weighted by molar-refractivity contribution is 9.10. The van der Waals surface area contributed by atoms with Crippen LogP contribution in [0.15, 0.2) is 101 Å². The van der Waals surface area contributed by atoms with Crippen molar-refractivity contribution in [3.8, 4) is 17.2 Å².